The SMILES string of the molecule is C[C@@H]1CN(CC(=O)Nc2cc(Oc3ccc(N)c4ccccc34)ccn2)C[C@H](C)O1. The zero-order valence-corrected chi connectivity index (χ0v) is 17.2. The van der Waals surface area contributed by atoms with Crippen molar-refractivity contribution in [1.82, 2.24) is 9.88 Å². The molecule has 4 rings (SSSR count). The second kappa shape index (κ2) is 8.69. The summed E-state index contributed by atoms with van der Waals surface area (Å²) in [5, 5.41) is 4.72. The zero-order chi connectivity index (χ0) is 21.1. The van der Waals surface area contributed by atoms with E-state index in [0.717, 1.165) is 23.9 Å². The van der Waals surface area contributed by atoms with Gasteiger partial charge in [0.15, 0.2) is 0 Å². The number of carbonyl (C=O) groups excluding carboxylic acids is 1. The van der Waals surface area contributed by atoms with E-state index in [-0.39, 0.29) is 18.1 Å². The van der Waals surface area contributed by atoms with Crippen LogP contribution in [0.25, 0.3) is 10.8 Å². The highest BCUT2D eigenvalue weighted by Gasteiger charge is 2.23. The number of aromatic nitrogens is 1. The Labute approximate surface area is 175 Å². The number of carbonyl (C=O) groups is 1. The number of nitrogen functional groups attached to an aromatic ring is 1. The summed E-state index contributed by atoms with van der Waals surface area (Å²) in [7, 11) is 0. The molecule has 7 heteroatoms. The van der Waals surface area contributed by atoms with E-state index in [1.54, 1.807) is 18.3 Å². The lowest BCUT2D eigenvalue weighted by Crippen LogP contribution is -2.48. The normalized spacial score (nSPS) is 19.5. The summed E-state index contributed by atoms with van der Waals surface area (Å²) in [5.74, 6) is 1.62. The van der Waals surface area contributed by atoms with Crippen molar-refractivity contribution in [3.63, 3.8) is 0 Å². The topological polar surface area (TPSA) is 89.7 Å². The van der Waals surface area contributed by atoms with Gasteiger partial charge in [-0.15, -0.1) is 0 Å². The Kier molecular flexibility index (Phi) is 5.83. The summed E-state index contributed by atoms with van der Waals surface area (Å²) >= 11 is 0. The van der Waals surface area contributed by atoms with Gasteiger partial charge in [0.05, 0.1) is 18.8 Å². The van der Waals surface area contributed by atoms with Crippen LogP contribution in [0.3, 0.4) is 0 Å². The fourth-order valence-corrected chi connectivity index (χ4v) is 3.85. The standard InChI is InChI=1S/C23H26N4O3/c1-15-12-27(13-16(2)29-15)14-23(28)26-22-11-17(9-10-25-22)30-21-8-7-20(24)18-5-3-4-6-19(18)21/h3-11,15-16H,12-14,24H2,1-2H3,(H,25,26,28)/t15-,16+. The van der Waals surface area contributed by atoms with Gasteiger partial charge in [-0.3, -0.25) is 9.69 Å². The number of nitrogens with two attached hydrogens (primary N) is 1. The number of nitrogens with zero attached hydrogens (tertiary/aromatic N) is 2. The van der Waals surface area contributed by atoms with E-state index in [1.807, 2.05) is 50.2 Å². The Bertz CT molecular complexity index is 1050. The maximum absolute atomic E-state index is 12.5. The molecule has 0 aliphatic carbocycles. The quantitative estimate of drug-likeness (QED) is 0.629. The molecule has 3 aromatic rings. The minimum atomic E-state index is -0.112. The smallest absolute Gasteiger partial charge is 0.239 e. The molecule has 1 aromatic heterocycles. The van der Waals surface area contributed by atoms with Gasteiger partial charge in [0.25, 0.3) is 0 Å². The van der Waals surface area contributed by atoms with Crippen LogP contribution >= 0.6 is 0 Å². The summed E-state index contributed by atoms with van der Waals surface area (Å²) in [4.78, 5) is 18.8. The van der Waals surface area contributed by atoms with Gasteiger partial charge in [-0.2, -0.15) is 0 Å². The highest BCUT2D eigenvalue weighted by atomic mass is 16.5. The highest BCUT2D eigenvalue weighted by Crippen LogP contribution is 2.33. The fourth-order valence-electron chi connectivity index (χ4n) is 3.85. The monoisotopic (exact) mass is 406 g/mol. The molecule has 1 aliphatic rings. The number of nitrogens with one attached hydrogen (secondary N) is 1. The molecule has 1 aliphatic heterocycles. The number of ether oxygens (including phenoxy) is 2. The van der Waals surface area contributed by atoms with E-state index in [1.165, 1.54) is 0 Å². The predicted octanol–water partition coefficient (Wildman–Crippen LogP) is 3.66. The average molecular weight is 406 g/mol. The Hall–Kier alpha value is -3.16. The van der Waals surface area contributed by atoms with Gasteiger partial charge in [-0.25, -0.2) is 4.98 Å². The number of hydrogen-bond acceptors (Lipinski definition) is 6. The molecule has 0 saturated carbocycles. The van der Waals surface area contributed by atoms with Crippen LogP contribution in [0, 0.1) is 0 Å². The molecule has 1 amide bonds. The molecule has 1 fully saturated rings. The van der Waals surface area contributed by atoms with Crippen molar-refractivity contribution in [3.8, 4) is 11.5 Å². The lowest BCUT2D eigenvalue weighted by Gasteiger charge is -2.34. The first-order valence-electron chi connectivity index (χ1n) is 10.1. The molecule has 30 heavy (non-hydrogen) atoms. The largest absolute Gasteiger partial charge is 0.457 e. The number of benzene rings is 2. The van der Waals surface area contributed by atoms with Crippen LogP contribution in [0.1, 0.15) is 13.8 Å². The van der Waals surface area contributed by atoms with Gasteiger partial charge < -0.3 is 20.5 Å². The maximum atomic E-state index is 12.5. The number of morpholine rings is 1. The van der Waals surface area contributed by atoms with Crippen molar-refractivity contribution in [3.05, 3.63) is 54.7 Å². The van der Waals surface area contributed by atoms with Crippen LogP contribution in [-0.2, 0) is 9.53 Å². The molecule has 2 atom stereocenters. The third-order valence-electron chi connectivity index (χ3n) is 5.01. The van der Waals surface area contributed by atoms with Crippen LogP contribution in [-0.4, -0.2) is 47.6 Å². The summed E-state index contributed by atoms with van der Waals surface area (Å²) in [5.41, 5.74) is 6.77. The summed E-state index contributed by atoms with van der Waals surface area (Å²) in [6.07, 6.45) is 1.85. The zero-order valence-electron chi connectivity index (χ0n) is 17.2. The van der Waals surface area contributed by atoms with Crippen molar-refractivity contribution < 1.29 is 14.3 Å². The van der Waals surface area contributed by atoms with E-state index >= 15 is 0 Å². The van der Waals surface area contributed by atoms with Crippen LogP contribution in [0.15, 0.2) is 54.7 Å². The molecule has 2 aromatic carbocycles. The van der Waals surface area contributed by atoms with Gasteiger partial charge in [0.1, 0.15) is 17.3 Å². The van der Waals surface area contributed by atoms with Crippen molar-refractivity contribution in [2.75, 3.05) is 30.7 Å². The summed E-state index contributed by atoms with van der Waals surface area (Å²) in [6.45, 7) is 5.80. The molecule has 0 bridgehead atoms. The van der Waals surface area contributed by atoms with Gasteiger partial charge in [-0.1, -0.05) is 24.3 Å². The van der Waals surface area contributed by atoms with Crippen LogP contribution in [0.2, 0.25) is 0 Å². The lowest BCUT2D eigenvalue weighted by molar-refractivity contribution is -0.121. The number of amides is 1. The number of fused-ring (bicyclic) bond motifs is 1. The summed E-state index contributed by atoms with van der Waals surface area (Å²) in [6, 6.07) is 15.0. The molecular formula is C23H26N4O3. The Morgan fingerprint density at radius 2 is 1.90 bits per heavy atom. The third kappa shape index (κ3) is 4.69. The molecular weight excluding hydrogens is 380 g/mol. The molecule has 1 saturated heterocycles. The van der Waals surface area contributed by atoms with Crippen molar-refractivity contribution in [1.29, 1.82) is 0 Å². The second-order valence-corrected chi connectivity index (χ2v) is 7.68. The van der Waals surface area contributed by atoms with E-state index in [0.29, 0.717) is 29.5 Å². The van der Waals surface area contributed by atoms with E-state index in [9.17, 15) is 4.79 Å². The van der Waals surface area contributed by atoms with Crippen LogP contribution in [0.4, 0.5) is 11.5 Å². The number of rotatable bonds is 5. The number of hydrogen-bond donors (Lipinski definition) is 2. The number of pyridine rings is 1. The van der Waals surface area contributed by atoms with Gasteiger partial charge in [0, 0.05) is 41.8 Å². The second-order valence-electron chi connectivity index (χ2n) is 7.68. The predicted molar refractivity (Wildman–Crippen MR) is 118 cm³/mol. The molecule has 3 N–H and O–H groups in total. The average Bonchev–Trinajstić information content (AvgIpc) is 2.70. The van der Waals surface area contributed by atoms with Crippen molar-refractivity contribution in [2.24, 2.45) is 0 Å². The lowest BCUT2D eigenvalue weighted by atomic mass is 10.1. The molecule has 0 radical (unpaired) electrons. The minimum Gasteiger partial charge on any atom is -0.457 e. The molecule has 156 valence electrons. The van der Waals surface area contributed by atoms with Crippen LogP contribution < -0.4 is 15.8 Å². The van der Waals surface area contributed by atoms with Gasteiger partial charge >= 0.3 is 0 Å². The molecule has 0 spiro atoms. The van der Waals surface area contributed by atoms with Crippen LogP contribution in [0.5, 0.6) is 11.5 Å². The highest BCUT2D eigenvalue weighted by molar-refractivity contribution is 5.97. The fraction of sp³-hybridized carbons (Fsp3) is 0.304. The molecule has 2 heterocycles. The van der Waals surface area contributed by atoms with E-state index in [2.05, 4.69) is 15.2 Å². The van der Waals surface area contributed by atoms with Gasteiger partial charge in [-0.05, 0) is 32.0 Å². The first-order valence-corrected chi connectivity index (χ1v) is 10.1. The van der Waals surface area contributed by atoms with Gasteiger partial charge in [0.2, 0.25) is 5.91 Å². The third-order valence-corrected chi connectivity index (χ3v) is 5.01. The van der Waals surface area contributed by atoms with Crippen molar-refractivity contribution in [2.45, 2.75) is 26.1 Å². The first kappa shape index (κ1) is 20.1. The Morgan fingerprint density at radius 1 is 1.17 bits per heavy atom. The molecule has 7 nitrogen and oxygen atoms in total. The van der Waals surface area contributed by atoms with E-state index in [4.69, 9.17) is 15.2 Å². The minimum absolute atomic E-state index is 0.112. The Balaban J connectivity index is 1.45. The molecule has 0 unspecified atom stereocenters. The van der Waals surface area contributed by atoms with Crippen molar-refractivity contribution >= 4 is 28.2 Å². The first-order chi connectivity index (χ1) is 14.5. The maximum Gasteiger partial charge on any atom is 0.239 e. The van der Waals surface area contributed by atoms with E-state index < -0.39 is 0 Å². The Morgan fingerprint density at radius 3 is 2.67 bits per heavy atom. The number of anilines is 2. The summed E-state index contributed by atoms with van der Waals surface area (Å²) < 4.78 is 11.8.